The molecule has 5 heteroatoms. The highest BCUT2D eigenvalue weighted by Gasteiger charge is 2.19. The van der Waals surface area contributed by atoms with Crippen molar-refractivity contribution >= 4 is 17.6 Å². The molecule has 1 N–H and O–H groups in total. The Kier molecular flexibility index (Phi) is 5.75. The van der Waals surface area contributed by atoms with Gasteiger partial charge in [-0.2, -0.15) is 0 Å². The normalized spacial score (nSPS) is 14.9. The van der Waals surface area contributed by atoms with E-state index in [2.05, 4.69) is 5.32 Å². The van der Waals surface area contributed by atoms with Gasteiger partial charge >= 0.3 is 5.97 Å². The first-order valence-electron chi connectivity index (χ1n) is 7.27. The van der Waals surface area contributed by atoms with E-state index < -0.39 is 5.97 Å². The summed E-state index contributed by atoms with van der Waals surface area (Å²) < 4.78 is 10.3. The number of hydrogen-bond donors (Lipinski definition) is 1. The van der Waals surface area contributed by atoms with Crippen molar-refractivity contribution in [2.24, 2.45) is 0 Å². The molecule has 1 aliphatic carbocycles. The van der Waals surface area contributed by atoms with Crippen LogP contribution in [0.5, 0.6) is 0 Å². The molecule has 0 aliphatic heterocycles. The third kappa shape index (κ3) is 5.55. The predicted molar refractivity (Wildman–Crippen MR) is 79.0 cm³/mol. The summed E-state index contributed by atoms with van der Waals surface area (Å²) in [5.41, 5.74) is 1.78. The molecule has 0 heterocycles. The fourth-order valence-electron chi connectivity index (χ4n) is 2.37. The first-order chi connectivity index (χ1) is 10.1. The summed E-state index contributed by atoms with van der Waals surface area (Å²) in [5, 5.41) is 2.71. The highest BCUT2D eigenvalue weighted by atomic mass is 16.6. The molecule has 0 unspecified atom stereocenters. The molecule has 1 saturated carbocycles. The molecule has 0 radical (unpaired) electrons. The lowest BCUT2D eigenvalue weighted by Gasteiger charge is -2.11. The molecule has 5 nitrogen and oxygen atoms in total. The lowest BCUT2D eigenvalue weighted by atomic mass is 10.2. The van der Waals surface area contributed by atoms with Crippen molar-refractivity contribution in [2.75, 3.05) is 18.5 Å². The first-order valence-corrected chi connectivity index (χ1v) is 7.27. The van der Waals surface area contributed by atoms with Crippen molar-refractivity contribution in [2.45, 2.75) is 38.7 Å². The summed E-state index contributed by atoms with van der Waals surface area (Å²) in [6.45, 7) is 1.61. The Morgan fingerprint density at radius 3 is 2.71 bits per heavy atom. The van der Waals surface area contributed by atoms with Crippen LogP contribution in [0.25, 0.3) is 0 Å². The highest BCUT2D eigenvalue weighted by Crippen LogP contribution is 2.20. The molecule has 1 aliphatic rings. The third-order valence-electron chi connectivity index (χ3n) is 3.36. The molecule has 1 aromatic carbocycles. The molecule has 2 rings (SSSR count). The van der Waals surface area contributed by atoms with Crippen LogP contribution < -0.4 is 5.32 Å². The van der Waals surface area contributed by atoms with Gasteiger partial charge in [-0.05, 0) is 50.3 Å². The van der Waals surface area contributed by atoms with E-state index in [-0.39, 0.29) is 25.2 Å². The molecule has 114 valence electrons. The van der Waals surface area contributed by atoms with Crippen molar-refractivity contribution in [1.82, 2.24) is 0 Å². The summed E-state index contributed by atoms with van der Waals surface area (Å²) in [6, 6.07) is 7.49. The molecule has 1 amide bonds. The van der Waals surface area contributed by atoms with Crippen molar-refractivity contribution in [3.63, 3.8) is 0 Å². The van der Waals surface area contributed by atoms with Crippen LogP contribution in [-0.4, -0.2) is 31.2 Å². The van der Waals surface area contributed by atoms with Crippen molar-refractivity contribution < 1.29 is 19.1 Å². The number of esters is 1. The average molecular weight is 291 g/mol. The van der Waals surface area contributed by atoms with E-state index in [1.165, 1.54) is 0 Å². The van der Waals surface area contributed by atoms with Crippen LogP contribution in [0.15, 0.2) is 24.3 Å². The maximum absolute atomic E-state index is 11.7. The molecule has 21 heavy (non-hydrogen) atoms. The first kappa shape index (κ1) is 15.5. The second-order valence-corrected chi connectivity index (χ2v) is 5.31. The van der Waals surface area contributed by atoms with Gasteiger partial charge in [-0.3, -0.25) is 4.79 Å². The number of amides is 1. The van der Waals surface area contributed by atoms with E-state index in [0.717, 1.165) is 36.9 Å². The van der Waals surface area contributed by atoms with Gasteiger partial charge in [-0.15, -0.1) is 0 Å². The van der Waals surface area contributed by atoms with Gasteiger partial charge in [0, 0.05) is 5.69 Å². The minimum Gasteiger partial charge on any atom is -0.461 e. The summed E-state index contributed by atoms with van der Waals surface area (Å²) in [5.74, 6) is -0.681. The molecule has 0 aromatic heterocycles. The number of carbonyl (C=O) groups excluding carboxylic acids is 2. The van der Waals surface area contributed by atoms with Gasteiger partial charge in [0.15, 0.2) is 0 Å². The molecule has 0 bridgehead atoms. The smallest absolute Gasteiger partial charge is 0.332 e. The van der Waals surface area contributed by atoms with Gasteiger partial charge in [0.05, 0.1) is 0 Å². The Labute approximate surface area is 124 Å². The quantitative estimate of drug-likeness (QED) is 0.818. The Morgan fingerprint density at radius 1 is 1.24 bits per heavy atom. The van der Waals surface area contributed by atoms with Crippen LogP contribution in [0.3, 0.4) is 0 Å². The Bertz CT molecular complexity index is 495. The zero-order chi connectivity index (χ0) is 15.1. The zero-order valence-electron chi connectivity index (χ0n) is 12.3. The number of nitrogens with one attached hydrogen (secondary N) is 1. The van der Waals surface area contributed by atoms with Crippen LogP contribution in [0.2, 0.25) is 0 Å². The Balaban J connectivity index is 1.63. The maximum atomic E-state index is 11.7. The van der Waals surface area contributed by atoms with Crippen molar-refractivity contribution in [1.29, 1.82) is 0 Å². The number of hydrogen-bond acceptors (Lipinski definition) is 4. The SMILES string of the molecule is Cc1cccc(NC(=O)COCC(=O)OC2CCCC2)c1. The lowest BCUT2D eigenvalue weighted by molar-refractivity contribution is -0.154. The van der Waals surface area contributed by atoms with Gasteiger partial charge in [-0.25, -0.2) is 4.79 Å². The van der Waals surface area contributed by atoms with E-state index >= 15 is 0 Å². The largest absolute Gasteiger partial charge is 0.461 e. The molecular weight excluding hydrogens is 270 g/mol. The fourth-order valence-corrected chi connectivity index (χ4v) is 2.37. The Hall–Kier alpha value is -1.88. The van der Waals surface area contributed by atoms with E-state index in [4.69, 9.17) is 9.47 Å². The number of benzene rings is 1. The number of anilines is 1. The van der Waals surface area contributed by atoms with Crippen LogP contribution >= 0.6 is 0 Å². The van der Waals surface area contributed by atoms with Crippen molar-refractivity contribution in [3.05, 3.63) is 29.8 Å². The Morgan fingerprint density at radius 2 is 2.00 bits per heavy atom. The van der Waals surface area contributed by atoms with Crippen molar-refractivity contribution in [3.8, 4) is 0 Å². The molecular formula is C16H21NO4. The molecule has 1 aromatic rings. The monoisotopic (exact) mass is 291 g/mol. The van der Waals surface area contributed by atoms with E-state index in [1.807, 2.05) is 25.1 Å². The van der Waals surface area contributed by atoms with E-state index in [1.54, 1.807) is 6.07 Å². The number of aryl methyl sites for hydroxylation is 1. The van der Waals surface area contributed by atoms with Crippen LogP contribution in [-0.2, 0) is 19.1 Å². The topological polar surface area (TPSA) is 64.6 Å². The number of carbonyl (C=O) groups is 2. The van der Waals surface area contributed by atoms with Crippen LogP contribution in [0, 0.1) is 6.92 Å². The average Bonchev–Trinajstić information content (AvgIpc) is 2.91. The second-order valence-electron chi connectivity index (χ2n) is 5.31. The van der Waals surface area contributed by atoms with Crippen LogP contribution in [0.1, 0.15) is 31.2 Å². The molecule has 0 spiro atoms. The number of rotatable bonds is 6. The standard InChI is InChI=1S/C16H21NO4/c1-12-5-4-6-13(9-12)17-15(18)10-20-11-16(19)21-14-7-2-3-8-14/h4-6,9,14H,2-3,7-8,10-11H2,1H3,(H,17,18). The van der Waals surface area contributed by atoms with Crippen LogP contribution in [0.4, 0.5) is 5.69 Å². The third-order valence-corrected chi connectivity index (χ3v) is 3.36. The summed E-state index contributed by atoms with van der Waals surface area (Å²) in [4.78, 5) is 23.2. The maximum Gasteiger partial charge on any atom is 0.332 e. The minimum atomic E-state index is -0.398. The van der Waals surface area contributed by atoms with E-state index in [9.17, 15) is 9.59 Å². The molecule has 0 saturated heterocycles. The van der Waals surface area contributed by atoms with Gasteiger partial charge in [0.1, 0.15) is 19.3 Å². The summed E-state index contributed by atoms with van der Waals surface area (Å²) >= 11 is 0. The second kappa shape index (κ2) is 7.78. The molecule has 1 fully saturated rings. The minimum absolute atomic E-state index is 0.0298. The summed E-state index contributed by atoms with van der Waals surface area (Å²) in [7, 11) is 0. The lowest BCUT2D eigenvalue weighted by Crippen LogP contribution is -2.23. The highest BCUT2D eigenvalue weighted by molar-refractivity contribution is 5.91. The predicted octanol–water partition coefficient (Wildman–Crippen LogP) is 2.44. The molecule has 0 atom stereocenters. The number of ether oxygens (including phenoxy) is 2. The van der Waals surface area contributed by atoms with Gasteiger partial charge < -0.3 is 14.8 Å². The van der Waals surface area contributed by atoms with Gasteiger partial charge in [0.2, 0.25) is 5.91 Å². The van der Waals surface area contributed by atoms with E-state index in [0.29, 0.717) is 0 Å². The zero-order valence-corrected chi connectivity index (χ0v) is 12.3. The summed E-state index contributed by atoms with van der Waals surface area (Å²) in [6.07, 6.45) is 4.11. The van der Waals surface area contributed by atoms with Gasteiger partial charge in [0.25, 0.3) is 0 Å². The fraction of sp³-hybridized carbons (Fsp3) is 0.500. The van der Waals surface area contributed by atoms with Gasteiger partial charge in [-0.1, -0.05) is 12.1 Å².